The molecule has 0 atom stereocenters. The number of hydrogen-bond donors (Lipinski definition) is 3. The molecule has 0 bridgehead atoms. The fourth-order valence-corrected chi connectivity index (χ4v) is 3.39. The Labute approximate surface area is 169 Å². The maximum atomic E-state index is 12.8. The normalized spacial score (nSPS) is 15.2. The summed E-state index contributed by atoms with van der Waals surface area (Å²) in [4.78, 5) is 18.7. The Balaban J connectivity index is 1.54. The fraction of sp³-hybridized carbons (Fsp3) is 0.200. The molecule has 29 heavy (non-hydrogen) atoms. The summed E-state index contributed by atoms with van der Waals surface area (Å²) in [7, 11) is 0. The lowest BCUT2D eigenvalue weighted by Gasteiger charge is -2.18. The summed E-state index contributed by atoms with van der Waals surface area (Å²) < 4.78 is 38.3. The van der Waals surface area contributed by atoms with Gasteiger partial charge >= 0.3 is 6.18 Å². The topological polar surface area (TPSA) is 83.8 Å². The summed E-state index contributed by atoms with van der Waals surface area (Å²) in [6.45, 7) is 0. The van der Waals surface area contributed by atoms with Crippen molar-refractivity contribution in [3.63, 3.8) is 0 Å². The molecule has 9 heteroatoms. The van der Waals surface area contributed by atoms with E-state index in [9.17, 15) is 18.0 Å². The van der Waals surface area contributed by atoms with Gasteiger partial charge in [0.05, 0.1) is 10.6 Å². The lowest BCUT2D eigenvalue weighted by molar-refractivity contribution is -0.141. The minimum atomic E-state index is -4.55. The molecule has 2 aromatic heterocycles. The van der Waals surface area contributed by atoms with E-state index in [2.05, 4.69) is 15.3 Å². The van der Waals surface area contributed by atoms with Crippen molar-refractivity contribution in [2.24, 2.45) is 0 Å². The minimum absolute atomic E-state index is 0.00173. The molecule has 1 aliphatic rings. The number of H-pyrrole nitrogens is 1. The Morgan fingerprint density at radius 1 is 1.21 bits per heavy atom. The van der Waals surface area contributed by atoms with Gasteiger partial charge in [-0.05, 0) is 36.1 Å². The monoisotopic (exact) mass is 420 g/mol. The van der Waals surface area contributed by atoms with Crippen LogP contribution in [-0.2, 0) is 11.7 Å². The molecule has 0 radical (unpaired) electrons. The van der Waals surface area contributed by atoms with Gasteiger partial charge in [0, 0.05) is 23.6 Å². The summed E-state index contributed by atoms with van der Waals surface area (Å²) in [5.41, 5.74) is 6.66. The predicted octanol–water partition coefficient (Wildman–Crippen LogP) is 4.75. The second-order valence-electron chi connectivity index (χ2n) is 7.00. The molecule has 1 fully saturated rings. The van der Waals surface area contributed by atoms with Gasteiger partial charge < -0.3 is 16.0 Å². The molecule has 0 saturated heterocycles. The molecule has 2 heterocycles. The van der Waals surface area contributed by atoms with Crippen LogP contribution in [0.3, 0.4) is 0 Å². The SMILES string of the molecule is Nc1cc(C(F)(F)F)ncc1-c1ccc(C2(NC(=O)c3cc(Cl)c[nH]3)CC2)cc1. The number of nitrogen functional groups attached to an aromatic ring is 1. The number of rotatable bonds is 4. The molecule has 5 nitrogen and oxygen atoms in total. The van der Waals surface area contributed by atoms with Crippen molar-refractivity contribution in [1.29, 1.82) is 0 Å². The number of nitrogens with two attached hydrogens (primary N) is 1. The third-order valence-electron chi connectivity index (χ3n) is 4.97. The van der Waals surface area contributed by atoms with Gasteiger partial charge in [0.15, 0.2) is 0 Å². The lowest BCUT2D eigenvalue weighted by Crippen LogP contribution is -2.35. The Bertz CT molecular complexity index is 1070. The van der Waals surface area contributed by atoms with Crippen LogP contribution < -0.4 is 11.1 Å². The van der Waals surface area contributed by atoms with Crippen LogP contribution in [0.2, 0.25) is 5.02 Å². The van der Waals surface area contributed by atoms with Gasteiger partial charge in [0.1, 0.15) is 11.4 Å². The van der Waals surface area contributed by atoms with E-state index in [1.807, 2.05) is 12.1 Å². The number of aromatic amines is 1. The first-order valence-corrected chi connectivity index (χ1v) is 9.16. The van der Waals surface area contributed by atoms with Crippen molar-refractivity contribution < 1.29 is 18.0 Å². The highest BCUT2D eigenvalue weighted by Gasteiger charge is 2.45. The zero-order valence-corrected chi connectivity index (χ0v) is 15.7. The van der Waals surface area contributed by atoms with E-state index < -0.39 is 17.4 Å². The van der Waals surface area contributed by atoms with Gasteiger partial charge in [-0.15, -0.1) is 0 Å². The zero-order chi connectivity index (χ0) is 20.8. The number of halogens is 4. The maximum Gasteiger partial charge on any atom is 0.433 e. The summed E-state index contributed by atoms with van der Waals surface area (Å²) in [6, 6.07) is 9.56. The highest BCUT2D eigenvalue weighted by atomic mass is 35.5. The van der Waals surface area contributed by atoms with Gasteiger partial charge in [0.25, 0.3) is 5.91 Å². The third kappa shape index (κ3) is 3.80. The first-order chi connectivity index (χ1) is 13.7. The number of hydrogen-bond acceptors (Lipinski definition) is 3. The van der Waals surface area contributed by atoms with Crippen LogP contribution in [0.15, 0.2) is 48.8 Å². The molecule has 0 aliphatic heterocycles. The quantitative estimate of drug-likeness (QED) is 0.569. The highest BCUT2D eigenvalue weighted by molar-refractivity contribution is 6.30. The van der Waals surface area contributed by atoms with E-state index >= 15 is 0 Å². The van der Waals surface area contributed by atoms with Gasteiger partial charge in [-0.1, -0.05) is 35.9 Å². The summed E-state index contributed by atoms with van der Waals surface area (Å²) >= 11 is 5.84. The lowest BCUT2D eigenvalue weighted by atomic mass is 9.99. The van der Waals surface area contributed by atoms with Gasteiger partial charge in [-0.3, -0.25) is 9.78 Å². The first kappa shape index (κ1) is 19.3. The number of alkyl halides is 3. The predicted molar refractivity (Wildman–Crippen MR) is 103 cm³/mol. The molecule has 0 unspecified atom stereocenters. The van der Waals surface area contributed by atoms with Gasteiger partial charge in [-0.2, -0.15) is 13.2 Å². The first-order valence-electron chi connectivity index (χ1n) is 8.78. The number of benzene rings is 1. The maximum absolute atomic E-state index is 12.8. The van der Waals surface area contributed by atoms with Crippen molar-refractivity contribution in [3.8, 4) is 11.1 Å². The van der Waals surface area contributed by atoms with Crippen molar-refractivity contribution in [3.05, 3.63) is 70.8 Å². The molecule has 1 saturated carbocycles. The molecule has 4 N–H and O–H groups in total. The van der Waals surface area contributed by atoms with Crippen molar-refractivity contribution in [1.82, 2.24) is 15.3 Å². The van der Waals surface area contributed by atoms with Crippen molar-refractivity contribution in [2.75, 3.05) is 5.73 Å². The van der Waals surface area contributed by atoms with Crippen LogP contribution in [0.1, 0.15) is 34.6 Å². The number of amides is 1. The average Bonchev–Trinajstić information content (AvgIpc) is 3.32. The number of nitrogens with zero attached hydrogens (tertiary/aromatic N) is 1. The second kappa shape index (κ2) is 6.81. The Morgan fingerprint density at radius 3 is 2.41 bits per heavy atom. The number of carbonyl (C=O) groups is 1. The van der Waals surface area contributed by atoms with E-state index in [1.165, 1.54) is 6.20 Å². The van der Waals surface area contributed by atoms with Crippen LogP contribution in [-0.4, -0.2) is 15.9 Å². The van der Waals surface area contributed by atoms with Gasteiger partial charge in [-0.25, -0.2) is 0 Å². The minimum Gasteiger partial charge on any atom is -0.398 e. The van der Waals surface area contributed by atoms with Crippen LogP contribution in [0, 0.1) is 0 Å². The zero-order valence-electron chi connectivity index (χ0n) is 15.0. The molecule has 1 aromatic carbocycles. The average molecular weight is 421 g/mol. The molecule has 1 amide bonds. The molecule has 0 spiro atoms. The molecule has 1 aliphatic carbocycles. The highest BCUT2D eigenvalue weighted by Crippen LogP contribution is 2.46. The largest absolute Gasteiger partial charge is 0.433 e. The van der Waals surface area contributed by atoms with E-state index in [4.69, 9.17) is 17.3 Å². The standard InChI is InChI=1S/C20H16ClF3N4O/c21-13-7-16(26-9-13)18(29)28-19(5-6-19)12-3-1-11(2-4-12)14-10-27-17(8-15(14)25)20(22,23)24/h1-4,7-10,26H,5-6H2,(H2,25,27)(H,28,29). The fourth-order valence-electron chi connectivity index (χ4n) is 3.23. The third-order valence-corrected chi connectivity index (χ3v) is 5.19. The molecule has 150 valence electrons. The van der Waals surface area contributed by atoms with E-state index in [0.717, 1.165) is 30.7 Å². The summed E-state index contributed by atoms with van der Waals surface area (Å²) in [6.07, 6.45) is -0.312. The Hall–Kier alpha value is -3.00. The summed E-state index contributed by atoms with van der Waals surface area (Å²) in [5.74, 6) is -0.255. The number of pyridine rings is 1. The molecular weight excluding hydrogens is 405 g/mol. The smallest absolute Gasteiger partial charge is 0.398 e. The molecular formula is C20H16ClF3N4O. The molecule has 3 aromatic rings. The Kier molecular flexibility index (Phi) is 4.53. The van der Waals surface area contributed by atoms with E-state index in [1.54, 1.807) is 18.2 Å². The summed E-state index contributed by atoms with van der Waals surface area (Å²) in [5, 5.41) is 3.47. The van der Waals surface area contributed by atoms with Crippen LogP contribution in [0.25, 0.3) is 11.1 Å². The number of anilines is 1. The van der Waals surface area contributed by atoms with E-state index in [-0.39, 0.29) is 11.6 Å². The van der Waals surface area contributed by atoms with Gasteiger partial charge in [0.2, 0.25) is 0 Å². The number of aromatic nitrogens is 2. The number of nitrogens with one attached hydrogen (secondary N) is 2. The van der Waals surface area contributed by atoms with Crippen LogP contribution >= 0.6 is 11.6 Å². The van der Waals surface area contributed by atoms with E-state index in [0.29, 0.717) is 21.8 Å². The van der Waals surface area contributed by atoms with Crippen LogP contribution in [0.4, 0.5) is 18.9 Å². The van der Waals surface area contributed by atoms with Crippen molar-refractivity contribution >= 4 is 23.2 Å². The second-order valence-corrected chi connectivity index (χ2v) is 7.44. The van der Waals surface area contributed by atoms with Crippen molar-refractivity contribution in [2.45, 2.75) is 24.6 Å². The molecule has 4 rings (SSSR count). The number of carbonyl (C=O) groups excluding carboxylic acids is 1. The van der Waals surface area contributed by atoms with Crippen LogP contribution in [0.5, 0.6) is 0 Å². The Morgan fingerprint density at radius 2 is 1.90 bits per heavy atom.